The van der Waals surface area contributed by atoms with Gasteiger partial charge < -0.3 is 10.6 Å². The van der Waals surface area contributed by atoms with Crippen molar-refractivity contribution < 1.29 is 0 Å². The fraction of sp³-hybridized carbons (Fsp3) is 0. The Morgan fingerprint density at radius 2 is 1.31 bits per heavy atom. The molecular weight excluding hydrogens is 328 g/mol. The molecule has 8 nitrogen and oxygen atoms in total. The summed E-state index contributed by atoms with van der Waals surface area (Å²) in [4.78, 5) is 13.4. The maximum Gasteiger partial charge on any atom is 0.256 e. The third-order valence-electron chi connectivity index (χ3n) is 3.46. The molecule has 3 aromatic rings. The van der Waals surface area contributed by atoms with Crippen LogP contribution in [0, 0.1) is 0 Å². The number of rotatable bonds is 5. The summed E-state index contributed by atoms with van der Waals surface area (Å²) in [6.07, 6.45) is 5.21. The van der Waals surface area contributed by atoms with Gasteiger partial charge in [0.25, 0.3) is 5.95 Å². The average molecular weight is 344 g/mol. The summed E-state index contributed by atoms with van der Waals surface area (Å²) in [5, 5.41) is 12.0. The molecule has 1 aliphatic heterocycles. The second kappa shape index (κ2) is 7.31. The first-order valence-corrected chi connectivity index (χ1v) is 8.02. The summed E-state index contributed by atoms with van der Waals surface area (Å²) in [6, 6.07) is 19.4. The first-order chi connectivity index (χ1) is 12.9. The van der Waals surface area contributed by atoms with E-state index in [1.165, 1.54) is 0 Å². The fourth-order valence-corrected chi connectivity index (χ4v) is 2.29. The van der Waals surface area contributed by atoms with Crippen LogP contribution in [-0.4, -0.2) is 21.2 Å². The van der Waals surface area contributed by atoms with Crippen LogP contribution in [0.2, 0.25) is 0 Å². The zero-order valence-corrected chi connectivity index (χ0v) is 13.7. The van der Waals surface area contributed by atoms with Crippen LogP contribution < -0.4 is 21.2 Å². The average Bonchev–Trinajstić information content (AvgIpc) is 2.70. The number of hydrogen-bond acceptors (Lipinski definition) is 8. The lowest BCUT2D eigenvalue weighted by Gasteiger charge is -2.19. The van der Waals surface area contributed by atoms with Gasteiger partial charge in [-0.2, -0.15) is 20.1 Å². The van der Waals surface area contributed by atoms with Crippen molar-refractivity contribution in [2.24, 2.45) is 5.10 Å². The second-order valence-corrected chi connectivity index (χ2v) is 5.35. The number of hydrazine groups is 1. The van der Waals surface area contributed by atoms with Gasteiger partial charge in [0.15, 0.2) is 0 Å². The first kappa shape index (κ1) is 15.6. The molecule has 0 atom stereocenters. The van der Waals surface area contributed by atoms with Gasteiger partial charge in [-0.3, -0.25) is 0 Å². The van der Waals surface area contributed by atoms with E-state index in [9.17, 15) is 0 Å². The van der Waals surface area contributed by atoms with Crippen LogP contribution in [0.4, 0.5) is 29.2 Å². The lowest BCUT2D eigenvalue weighted by atomic mass is 10.3. The Hall–Kier alpha value is -3.94. The minimum absolute atomic E-state index is 0.407. The molecule has 1 aromatic heterocycles. The lowest BCUT2D eigenvalue weighted by Crippen LogP contribution is -2.32. The molecule has 2 heterocycles. The van der Waals surface area contributed by atoms with Gasteiger partial charge in [-0.15, -0.1) is 0 Å². The van der Waals surface area contributed by atoms with Crippen molar-refractivity contribution in [2.75, 3.05) is 15.6 Å². The topological polar surface area (TPSA) is 90.4 Å². The highest BCUT2D eigenvalue weighted by atomic mass is 15.7. The summed E-state index contributed by atoms with van der Waals surface area (Å²) in [5.74, 6) is 1.25. The van der Waals surface area contributed by atoms with Crippen LogP contribution in [0.3, 0.4) is 0 Å². The predicted molar refractivity (Wildman–Crippen MR) is 103 cm³/mol. The Bertz CT molecular complexity index is 865. The summed E-state index contributed by atoms with van der Waals surface area (Å²) in [6.45, 7) is 0. The molecule has 1 aliphatic rings. The third kappa shape index (κ3) is 3.75. The lowest BCUT2D eigenvalue weighted by molar-refractivity contribution is 0.723. The van der Waals surface area contributed by atoms with E-state index in [0.717, 1.165) is 11.4 Å². The summed E-state index contributed by atoms with van der Waals surface area (Å²) >= 11 is 0. The molecule has 0 radical (unpaired) electrons. The van der Waals surface area contributed by atoms with E-state index < -0.39 is 0 Å². The number of allylic oxidation sites excluding steroid dienone is 1. The first-order valence-electron chi connectivity index (χ1n) is 8.02. The zero-order chi connectivity index (χ0) is 17.6. The molecule has 8 heteroatoms. The van der Waals surface area contributed by atoms with E-state index >= 15 is 0 Å². The minimum atomic E-state index is 0.407. The van der Waals surface area contributed by atoms with Gasteiger partial charge in [-0.1, -0.05) is 36.4 Å². The SMILES string of the molecule is C1=CN(c2nc(Nc3ccccc3)nc(Nc3ccccc3)n2)NN=C1. The molecule has 0 saturated carbocycles. The molecule has 0 aliphatic carbocycles. The number of nitrogens with one attached hydrogen (secondary N) is 3. The van der Waals surface area contributed by atoms with Crippen molar-refractivity contribution in [3.05, 3.63) is 72.9 Å². The van der Waals surface area contributed by atoms with Gasteiger partial charge in [0.2, 0.25) is 11.9 Å². The van der Waals surface area contributed by atoms with Crippen LogP contribution in [0.25, 0.3) is 0 Å². The molecule has 2 aromatic carbocycles. The highest BCUT2D eigenvalue weighted by molar-refractivity contribution is 5.73. The van der Waals surface area contributed by atoms with Crippen molar-refractivity contribution >= 4 is 35.4 Å². The Kier molecular flexibility index (Phi) is 4.38. The number of nitrogens with zero attached hydrogens (tertiary/aromatic N) is 5. The van der Waals surface area contributed by atoms with Crippen molar-refractivity contribution in [3.8, 4) is 0 Å². The van der Waals surface area contributed by atoms with Crippen LogP contribution >= 0.6 is 0 Å². The van der Waals surface area contributed by atoms with Crippen LogP contribution in [0.5, 0.6) is 0 Å². The molecule has 0 bridgehead atoms. The Morgan fingerprint density at radius 1 is 0.731 bits per heavy atom. The van der Waals surface area contributed by atoms with Crippen molar-refractivity contribution in [1.29, 1.82) is 0 Å². The molecule has 0 unspecified atom stereocenters. The Morgan fingerprint density at radius 3 is 1.81 bits per heavy atom. The van der Waals surface area contributed by atoms with Gasteiger partial charge >= 0.3 is 0 Å². The van der Waals surface area contributed by atoms with Crippen molar-refractivity contribution in [3.63, 3.8) is 0 Å². The number of aromatic nitrogens is 3. The summed E-state index contributed by atoms with van der Waals surface area (Å²) < 4.78 is 0. The molecule has 3 N–H and O–H groups in total. The minimum Gasteiger partial charge on any atom is -0.324 e. The van der Waals surface area contributed by atoms with E-state index in [4.69, 9.17) is 0 Å². The van der Waals surface area contributed by atoms with E-state index in [-0.39, 0.29) is 0 Å². The highest BCUT2D eigenvalue weighted by Crippen LogP contribution is 2.20. The maximum absolute atomic E-state index is 4.46. The number of hydrazone groups is 1. The standard InChI is InChI=1S/C18H16N8/c1-3-8-14(9-4-1)20-16-22-17(21-15-10-5-2-6-11-15)24-18(23-16)26-13-7-12-19-25-26/h1-13,25H,(H2,20,21,22,23,24). The molecule has 128 valence electrons. The van der Waals surface area contributed by atoms with Gasteiger partial charge in [-0.25, -0.2) is 10.5 Å². The number of benzene rings is 2. The molecule has 0 spiro atoms. The molecule has 0 saturated heterocycles. The van der Waals surface area contributed by atoms with Gasteiger partial charge in [0.05, 0.1) is 6.21 Å². The third-order valence-corrected chi connectivity index (χ3v) is 3.46. The van der Waals surface area contributed by atoms with E-state index in [0.29, 0.717) is 17.8 Å². The second-order valence-electron chi connectivity index (χ2n) is 5.35. The largest absolute Gasteiger partial charge is 0.324 e. The van der Waals surface area contributed by atoms with Gasteiger partial charge in [-0.05, 0) is 30.3 Å². The van der Waals surface area contributed by atoms with Crippen molar-refractivity contribution in [2.45, 2.75) is 0 Å². The van der Waals surface area contributed by atoms with Crippen LogP contribution in [0.1, 0.15) is 0 Å². The summed E-state index contributed by atoms with van der Waals surface area (Å²) in [5.41, 5.74) is 4.59. The molecular formula is C18H16N8. The molecule has 4 rings (SSSR count). The smallest absolute Gasteiger partial charge is 0.256 e. The molecule has 0 fully saturated rings. The van der Waals surface area contributed by atoms with Gasteiger partial charge in [0, 0.05) is 17.6 Å². The van der Waals surface area contributed by atoms with Crippen LogP contribution in [-0.2, 0) is 0 Å². The fourth-order valence-electron chi connectivity index (χ4n) is 2.29. The monoisotopic (exact) mass is 344 g/mol. The van der Waals surface area contributed by atoms with Crippen LogP contribution in [0.15, 0.2) is 78.0 Å². The Labute approximate surface area is 150 Å². The molecule has 0 amide bonds. The number of hydrogen-bond donors (Lipinski definition) is 3. The highest BCUT2D eigenvalue weighted by Gasteiger charge is 2.13. The predicted octanol–water partition coefficient (Wildman–Crippen LogP) is 3.18. The van der Waals surface area contributed by atoms with E-state index in [1.54, 1.807) is 23.5 Å². The normalized spacial score (nSPS) is 12.5. The van der Waals surface area contributed by atoms with E-state index in [2.05, 4.69) is 36.2 Å². The summed E-state index contributed by atoms with van der Waals surface area (Å²) in [7, 11) is 0. The number of anilines is 5. The molecule has 26 heavy (non-hydrogen) atoms. The Balaban J connectivity index is 1.66. The zero-order valence-electron chi connectivity index (χ0n) is 13.7. The van der Waals surface area contributed by atoms with Crippen molar-refractivity contribution in [1.82, 2.24) is 20.5 Å². The maximum atomic E-state index is 4.46. The van der Waals surface area contributed by atoms with E-state index in [1.807, 2.05) is 60.7 Å². The quantitative estimate of drug-likeness (QED) is 0.655. The number of para-hydroxylation sites is 2. The van der Waals surface area contributed by atoms with Gasteiger partial charge in [0.1, 0.15) is 0 Å².